The fourth-order valence-corrected chi connectivity index (χ4v) is 1.37. The van der Waals surface area contributed by atoms with E-state index in [9.17, 15) is 8.78 Å². The Morgan fingerprint density at radius 3 is 2.33 bits per heavy atom. The molecule has 0 aliphatic rings. The molecule has 0 bridgehead atoms. The van der Waals surface area contributed by atoms with Crippen molar-refractivity contribution >= 4 is 15.9 Å². The van der Waals surface area contributed by atoms with Gasteiger partial charge in [0.15, 0.2) is 0 Å². The monoisotopic (exact) mass is 273 g/mol. The molecule has 0 spiro atoms. The first-order valence-electron chi connectivity index (χ1n) is 4.11. The van der Waals surface area contributed by atoms with Gasteiger partial charge in [0.25, 0.3) is 0 Å². The fourth-order valence-electron chi connectivity index (χ4n) is 1.14. The lowest BCUT2D eigenvalue weighted by Gasteiger charge is -2.02. The zero-order valence-electron chi connectivity index (χ0n) is 7.71. The van der Waals surface area contributed by atoms with Gasteiger partial charge in [0.05, 0.1) is 10.2 Å². The van der Waals surface area contributed by atoms with Crippen LogP contribution in [0.25, 0.3) is 5.69 Å². The quantitative estimate of drug-likeness (QED) is 0.748. The van der Waals surface area contributed by atoms with Gasteiger partial charge in [-0.3, -0.25) is 0 Å². The Morgan fingerprint density at radius 2 is 1.87 bits per heavy atom. The highest BCUT2D eigenvalue weighted by atomic mass is 79.9. The highest BCUT2D eigenvalue weighted by Gasteiger charge is 2.10. The first kappa shape index (κ1) is 10.2. The SMILES string of the molecule is Cc1ncn(-c2cc(F)c(Br)c(F)c2)n1. The maximum absolute atomic E-state index is 13.2. The van der Waals surface area contributed by atoms with Crippen LogP contribution in [-0.4, -0.2) is 14.8 Å². The Labute approximate surface area is 92.9 Å². The molecule has 0 aliphatic carbocycles. The molecule has 0 amide bonds. The summed E-state index contributed by atoms with van der Waals surface area (Å²) in [6.07, 6.45) is 1.40. The molecule has 2 rings (SSSR count). The van der Waals surface area contributed by atoms with E-state index in [-0.39, 0.29) is 4.47 Å². The van der Waals surface area contributed by atoms with Crippen molar-refractivity contribution in [3.05, 3.63) is 40.4 Å². The second-order valence-corrected chi connectivity index (χ2v) is 3.75. The molecule has 0 N–H and O–H groups in total. The topological polar surface area (TPSA) is 30.7 Å². The van der Waals surface area contributed by atoms with Crippen LogP contribution in [-0.2, 0) is 0 Å². The Kier molecular flexibility index (Phi) is 2.52. The van der Waals surface area contributed by atoms with Gasteiger partial charge in [-0.15, -0.1) is 0 Å². The van der Waals surface area contributed by atoms with Crippen molar-refractivity contribution in [1.29, 1.82) is 0 Å². The van der Waals surface area contributed by atoms with Gasteiger partial charge in [-0.25, -0.2) is 18.4 Å². The maximum Gasteiger partial charge on any atom is 0.147 e. The standard InChI is InChI=1S/C9H6BrF2N3/c1-5-13-4-15(14-5)6-2-7(11)9(10)8(12)3-6/h2-4H,1H3. The van der Waals surface area contributed by atoms with Gasteiger partial charge < -0.3 is 0 Å². The number of hydrogen-bond acceptors (Lipinski definition) is 2. The van der Waals surface area contributed by atoms with Crippen molar-refractivity contribution in [2.75, 3.05) is 0 Å². The van der Waals surface area contributed by atoms with Crippen LogP contribution in [0.5, 0.6) is 0 Å². The molecule has 0 aliphatic heterocycles. The molecule has 1 aromatic heterocycles. The Balaban J connectivity index is 2.55. The third-order valence-electron chi connectivity index (χ3n) is 1.84. The number of hydrogen-bond donors (Lipinski definition) is 0. The van der Waals surface area contributed by atoms with Crippen molar-refractivity contribution in [3.63, 3.8) is 0 Å². The van der Waals surface area contributed by atoms with Crippen molar-refractivity contribution in [1.82, 2.24) is 14.8 Å². The van der Waals surface area contributed by atoms with E-state index in [1.165, 1.54) is 23.1 Å². The van der Waals surface area contributed by atoms with E-state index in [0.717, 1.165) is 0 Å². The largest absolute Gasteiger partial charge is 0.221 e. The van der Waals surface area contributed by atoms with Gasteiger partial charge in [-0.1, -0.05) is 0 Å². The van der Waals surface area contributed by atoms with Crippen molar-refractivity contribution in [2.24, 2.45) is 0 Å². The number of halogens is 3. The first-order chi connectivity index (χ1) is 7.08. The number of benzene rings is 1. The van der Waals surface area contributed by atoms with Crippen LogP contribution in [0, 0.1) is 18.6 Å². The molecule has 1 aromatic carbocycles. The molecule has 78 valence electrons. The molecule has 0 fully saturated rings. The second-order valence-electron chi connectivity index (χ2n) is 2.96. The minimum absolute atomic E-state index is 0.178. The average Bonchev–Trinajstić information content (AvgIpc) is 2.60. The van der Waals surface area contributed by atoms with Crippen molar-refractivity contribution in [3.8, 4) is 5.69 Å². The molecule has 1 heterocycles. The van der Waals surface area contributed by atoms with E-state index in [1.54, 1.807) is 6.92 Å². The van der Waals surface area contributed by atoms with Gasteiger partial charge in [0.2, 0.25) is 0 Å². The van der Waals surface area contributed by atoms with Gasteiger partial charge in [0, 0.05) is 12.1 Å². The summed E-state index contributed by atoms with van der Waals surface area (Å²) < 4.78 is 27.5. The molecule has 6 heteroatoms. The lowest BCUT2D eigenvalue weighted by molar-refractivity contribution is 0.568. The summed E-state index contributed by atoms with van der Waals surface area (Å²) in [6.45, 7) is 1.70. The highest BCUT2D eigenvalue weighted by Crippen LogP contribution is 2.22. The van der Waals surface area contributed by atoms with E-state index in [4.69, 9.17) is 0 Å². The molecule has 15 heavy (non-hydrogen) atoms. The van der Waals surface area contributed by atoms with E-state index in [2.05, 4.69) is 26.0 Å². The summed E-state index contributed by atoms with van der Waals surface area (Å²) in [6, 6.07) is 2.36. The molecular weight excluding hydrogens is 268 g/mol. The highest BCUT2D eigenvalue weighted by molar-refractivity contribution is 9.10. The van der Waals surface area contributed by atoms with E-state index in [0.29, 0.717) is 11.5 Å². The van der Waals surface area contributed by atoms with Crippen LogP contribution in [0.4, 0.5) is 8.78 Å². The lowest BCUT2D eigenvalue weighted by Crippen LogP contribution is -1.98. The van der Waals surface area contributed by atoms with Crippen LogP contribution in [0.2, 0.25) is 0 Å². The summed E-state index contributed by atoms with van der Waals surface area (Å²) in [4.78, 5) is 3.87. The smallest absolute Gasteiger partial charge is 0.147 e. The molecule has 0 unspecified atom stereocenters. The molecule has 2 aromatic rings. The summed E-state index contributed by atoms with van der Waals surface area (Å²) in [5, 5.41) is 3.95. The van der Waals surface area contributed by atoms with Gasteiger partial charge in [-0.2, -0.15) is 5.10 Å². The molecule has 0 saturated carbocycles. The predicted molar refractivity (Wildman–Crippen MR) is 53.7 cm³/mol. The number of aryl methyl sites for hydroxylation is 1. The molecular formula is C9H6BrF2N3. The van der Waals surface area contributed by atoms with Crippen LogP contribution in [0.3, 0.4) is 0 Å². The number of nitrogens with zero attached hydrogens (tertiary/aromatic N) is 3. The summed E-state index contributed by atoms with van der Waals surface area (Å²) >= 11 is 2.80. The van der Waals surface area contributed by atoms with E-state index in [1.807, 2.05) is 0 Å². The van der Waals surface area contributed by atoms with Crippen LogP contribution in [0.1, 0.15) is 5.82 Å². The Hall–Kier alpha value is -1.30. The molecule has 0 saturated heterocycles. The summed E-state index contributed by atoms with van der Waals surface area (Å²) in [7, 11) is 0. The van der Waals surface area contributed by atoms with E-state index >= 15 is 0 Å². The summed E-state index contributed by atoms with van der Waals surface area (Å²) in [5.74, 6) is -0.796. The van der Waals surface area contributed by atoms with Gasteiger partial charge in [-0.05, 0) is 22.9 Å². The lowest BCUT2D eigenvalue weighted by atomic mass is 10.3. The minimum atomic E-state index is -0.668. The minimum Gasteiger partial charge on any atom is -0.221 e. The normalized spacial score (nSPS) is 10.7. The molecule has 3 nitrogen and oxygen atoms in total. The zero-order valence-corrected chi connectivity index (χ0v) is 9.29. The van der Waals surface area contributed by atoms with Crippen LogP contribution >= 0.6 is 15.9 Å². The van der Waals surface area contributed by atoms with Crippen LogP contribution in [0.15, 0.2) is 22.9 Å². The van der Waals surface area contributed by atoms with Gasteiger partial charge >= 0.3 is 0 Å². The number of rotatable bonds is 1. The average molecular weight is 274 g/mol. The Bertz CT molecular complexity index is 487. The van der Waals surface area contributed by atoms with E-state index < -0.39 is 11.6 Å². The summed E-state index contributed by atoms with van der Waals surface area (Å²) in [5.41, 5.74) is 0.300. The number of aromatic nitrogens is 3. The molecule has 0 radical (unpaired) electrons. The molecule has 0 atom stereocenters. The maximum atomic E-state index is 13.2. The zero-order chi connectivity index (χ0) is 11.0. The van der Waals surface area contributed by atoms with Gasteiger partial charge in [0.1, 0.15) is 23.8 Å². The predicted octanol–water partition coefficient (Wildman–Crippen LogP) is 2.62. The van der Waals surface area contributed by atoms with Crippen LogP contribution < -0.4 is 0 Å². The van der Waals surface area contributed by atoms with Crippen molar-refractivity contribution in [2.45, 2.75) is 6.92 Å². The third kappa shape index (κ3) is 1.90. The fraction of sp³-hybridized carbons (Fsp3) is 0.111. The van der Waals surface area contributed by atoms with Crippen molar-refractivity contribution < 1.29 is 8.78 Å². The third-order valence-corrected chi connectivity index (χ3v) is 2.60. The second kappa shape index (κ2) is 3.69. The Morgan fingerprint density at radius 1 is 1.27 bits per heavy atom. The first-order valence-corrected chi connectivity index (χ1v) is 4.90.